The molecule has 2 heterocycles. The quantitative estimate of drug-likeness (QED) is 0.940. The highest BCUT2D eigenvalue weighted by atomic mass is 16.5. The summed E-state index contributed by atoms with van der Waals surface area (Å²) < 4.78 is 5.86. The Kier molecular flexibility index (Phi) is 4.15. The lowest BCUT2D eigenvalue weighted by Gasteiger charge is -2.35. The van der Waals surface area contributed by atoms with Gasteiger partial charge < -0.3 is 15.0 Å². The van der Waals surface area contributed by atoms with Gasteiger partial charge in [-0.05, 0) is 37.1 Å². The molecule has 2 unspecified atom stereocenters. The first-order valence-corrected chi connectivity index (χ1v) is 8.83. The van der Waals surface area contributed by atoms with E-state index in [4.69, 9.17) is 4.74 Å². The molecular weight excluding hydrogens is 300 g/mol. The number of amides is 1. The lowest BCUT2D eigenvalue weighted by molar-refractivity contribution is -0.134. The van der Waals surface area contributed by atoms with Crippen molar-refractivity contribution in [3.8, 4) is 5.75 Å². The summed E-state index contributed by atoms with van der Waals surface area (Å²) >= 11 is 0. The minimum absolute atomic E-state index is 0.0641. The van der Waals surface area contributed by atoms with Gasteiger partial charge >= 0.3 is 0 Å². The van der Waals surface area contributed by atoms with Gasteiger partial charge in [-0.3, -0.25) is 4.79 Å². The van der Waals surface area contributed by atoms with Gasteiger partial charge in [-0.1, -0.05) is 36.4 Å². The molecule has 2 aliphatic heterocycles. The molecule has 0 spiro atoms. The average molecular weight is 324 g/mol. The topological polar surface area (TPSA) is 41.6 Å². The van der Waals surface area contributed by atoms with Crippen LogP contribution in [0.1, 0.15) is 25.7 Å². The predicted molar refractivity (Wildman–Crippen MR) is 95.2 cm³/mol. The van der Waals surface area contributed by atoms with Crippen LogP contribution in [-0.4, -0.2) is 42.6 Å². The maximum absolute atomic E-state index is 12.6. The van der Waals surface area contributed by atoms with Gasteiger partial charge in [-0.25, -0.2) is 0 Å². The van der Waals surface area contributed by atoms with Crippen molar-refractivity contribution in [3.63, 3.8) is 0 Å². The van der Waals surface area contributed by atoms with Gasteiger partial charge in [0.25, 0.3) is 5.91 Å². The van der Waals surface area contributed by atoms with Crippen LogP contribution in [0.3, 0.4) is 0 Å². The van der Waals surface area contributed by atoms with Gasteiger partial charge in [0.2, 0.25) is 0 Å². The summed E-state index contributed by atoms with van der Waals surface area (Å²) in [6, 6.07) is 15.6. The summed E-state index contributed by atoms with van der Waals surface area (Å²) in [5.41, 5.74) is 0. The van der Waals surface area contributed by atoms with Gasteiger partial charge in [-0.15, -0.1) is 0 Å². The summed E-state index contributed by atoms with van der Waals surface area (Å²) in [4.78, 5) is 14.5. The van der Waals surface area contributed by atoms with Gasteiger partial charge in [0, 0.05) is 30.6 Å². The number of ether oxygens (including phenoxy) is 1. The molecule has 2 fully saturated rings. The van der Waals surface area contributed by atoms with Crippen LogP contribution < -0.4 is 10.1 Å². The van der Waals surface area contributed by atoms with E-state index in [2.05, 4.69) is 17.4 Å². The summed E-state index contributed by atoms with van der Waals surface area (Å²) in [6.07, 6.45) is 4.62. The number of likely N-dealkylation sites (N-methyl/N-ethyl adjacent to an activating group) is 1. The molecule has 4 heteroatoms. The molecule has 2 saturated heterocycles. The second kappa shape index (κ2) is 6.44. The molecule has 1 N–H and O–H groups in total. The molecule has 0 aromatic heterocycles. The van der Waals surface area contributed by atoms with Gasteiger partial charge in [-0.2, -0.15) is 0 Å². The number of hydrogen-bond donors (Lipinski definition) is 1. The van der Waals surface area contributed by atoms with Crippen LogP contribution >= 0.6 is 0 Å². The van der Waals surface area contributed by atoms with E-state index >= 15 is 0 Å². The van der Waals surface area contributed by atoms with Gasteiger partial charge in [0.05, 0.1) is 0 Å². The molecule has 2 aromatic rings. The number of fused-ring (bicyclic) bond motifs is 3. The number of carbonyl (C=O) groups excluding carboxylic acids is 1. The van der Waals surface area contributed by atoms with E-state index in [1.54, 1.807) is 0 Å². The fourth-order valence-electron chi connectivity index (χ4n) is 4.11. The first-order valence-electron chi connectivity index (χ1n) is 8.83. The molecule has 2 aromatic carbocycles. The van der Waals surface area contributed by atoms with Crippen molar-refractivity contribution in [1.82, 2.24) is 10.2 Å². The molecule has 0 saturated carbocycles. The van der Waals surface area contributed by atoms with E-state index in [0.717, 1.165) is 29.4 Å². The van der Waals surface area contributed by atoms with Crippen LogP contribution in [0.15, 0.2) is 42.5 Å². The Hall–Kier alpha value is -2.07. The number of carbonyl (C=O) groups is 1. The third kappa shape index (κ3) is 2.98. The summed E-state index contributed by atoms with van der Waals surface area (Å²) in [6.45, 7) is 0.101. The van der Waals surface area contributed by atoms with E-state index < -0.39 is 0 Å². The Morgan fingerprint density at radius 2 is 1.83 bits per heavy atom. The third-order valence-corrected chi connectivity index (χ3v) is 5.49. The van der Waals surface area contributed by atoms with Crippen LogP contribution in [0.4, 0.5) is 0 Å². The minimum atomic E-state index is 0.0641. The zero-order chi connectivity index (χ0) is 16.5. The molecule has 1 amide bonds. The largest absolute Gasteiger partial charge is 0.483 e. The number of benzene rings is 2. The zero-order valence-electron chi connectivity index (χ0n) is 14.1. The Morgan fingerprint density at radius 1 is 1.12 bits per heavy atom. The maximum Gasteiger partial charge on any atom is 0.260 e. The fourth-order valence-corrected chi connectivity index (χ4v) is 4.11. The van der Waals surface area contributed by atoms with E-state index in [1.807, 2.05) is 42.3 Å². The number of rotatable bonds is 4. The number of nitrogens with one attached hydrogen (secondary N) is 1. The summed E-state index contributed by atoms with van der Waals surface area (Å²) in [5.74, 6) is 0.842. The number of hydrogen-bond acceptors (Lipinski definition) is 3. The van der Waals surface area contributed by atoms with E-state index in [9.17, 15) is 4.79 Å². The standard InChI is InChI=1S/C20H24N2O2/c1-22(17-11-15-9-10-16(12-17)21-15)20(23)13-24-19-8-4-6-14-5-2-3-7-18(14)19/h2-8,15-17,21H,9-13H2,1H3. The van der Waals surface area contributed by atoms with Crippen LogP contribution in [0.25, 0.3) is 10.8 Å². The predicted octanol–water partition coefficient (Wildman–Crippen LogP) is 2.96. The Bertz CT molecular complexity index is 728. The van der Waals surface area contributed by atoms with Crippen molar-refractivity contribution < 1.29 is 9.53 Å². The Balaban J connectivity index is 1.40. The highest BCUT2D eigenvalue weighted by molar-refractivity contribution is 5.88. The molecule has 2 aliphatic rings. The SMILES string of the molecule is CN(C(=O)COc1cccc2ccccc12)C1CC2CCC(C1)N2. The Morgan fingerprint density at radius 3 is 2.62 bits per heavy atom. The highest BCUT2D eigenvalue weighted by Crippen LogP contribution is 2.29. The molecule has 0 radical (unpaired) electrons. The van der Waals surface area contributed by atoms with E-state index in [1.165, 1.54) is 12.8 Å². The molecule has 126 valence electrons. The van der Waals surface area contributed by atoms with Crippen molar-refractivity contribution in [2.75, 3.05) is 13.7 Å². The smallest absolute Gasteiger partial charge is 0.260 e. The van der Waals surface area contributed by atoms with E-state index in [-0.39, 0.29) is 12.5 Å². The second-order valence-electron chi connectivity index (χ2n) is 7.03. The lowest BCUT2D eigenvalue weighted by atomic mass is 9.98. The second-order valence-corrected chi connectivity index (χ2v) is 7.03. The highest BCUT2D eigenvalue weighted by Gasteiger charge is 2.36. The normalized spacial score (nSPS) is 25.6. The van der Waals surface area contributed by atoms with Crippen molar-refractivity contribution in [3.05, 3.63) is 42.5 Å². The molecular formula is C20H24N2O2. The minimum Gasteiger partial charge on any atom is -0.483 e. The molecule has 0 aliphatic carbocycles. The lowest BCUT2D eigenvalue weighted by Crippen LogP contribution is -2.49. The van der Waals surface area contributed by atoms with E-state index in [0.29, 0.717) is 18.1 Å². The maximum atomic E-state index is 12.6. The average Bonchev–Trinajstić information content (AvgIpc) is 2.96. The molecule has 2 atom stereocenters. The van der Waals surface area contributed by atoms with Crippen LogP contribution in [0.5, 0.6) is 5.75 Å². The van der Waals surface area contributed by atoms with Gasteiger partial charge in [0.15, 0.2) is 6.61 Å². The molecule has 4 nitrogen and oxygen atoms in total. The van der Waals surface area contributed by atoms with Crippen LogP contribution in [-0.2, 0) is 4.79 Å². The summed E-state index contributed by atoms with van der Waals surface area (Å²) in [5, 5.41) is 5.80. The monoisotopic (exact) mass is 324 g/mol. The third-order valence-electron chi connectivity index (χ3n) is 5.49. The Labute approximate surface area is 142 Å². The van der Waals surface area contributed by atoms with Gasteiger partial charge in [0.1, 0.15) is 5.75 Å². The van der Waals surface area contributed by atoms with Crippen LogP contribution in [0.2, 0.25) is 0 Å². The first kappa shape index (κ1) is 15.5. The molecule has 4 rings (SSSR count). The zero-order valence-corrected chi connectivity index (χ0v) is 14.1. The fraction of sp³-hybridized carbons (Fsp3) is 0.450. The van der Waals surface area contributed by atoms with Crippen molar-refractivity contribution in [1.29, 1.82) is 0 Å². The molecule has 2 bridgehead atoms. The van der Waals surface area contributed by atoms with Crippen molar-refractivity contribution in [2.45, 2.75) is 43.8 Å². The number of nitrogens with zero attached hydrogens (tertiary/aromatic N) is 1. The van der Waals surface area contributed by atoms with Crippen molar-refractivity contribution in [2.24, 2.45) is 0 Å². The van der Waals surface area contributed by atoms with Crippen molar-refractivity contribution >= 4 is 16.7 Å². The summed E-state index contributed by atoms with van der Waals surface area (Å²) in [7, 11) is 1.92. The number of piperidine rings is 1. The van der Waals surface area contributed by atoms with Crippen LogP contribution in [0, 0.1) is 0 Å². The molecule has 24 heavy (non-hydrogen) atoms. The first-order chi connectivity index (χ1) is 11.7.